The topological polar surface area (TPSA) is 80.3 Å². The number of rotatable bonds is 9. The Morgan fingerprint density at radius 2 is 1.92 bits per heavy atom. The van der Waals surface area contributed by atoms with Crippen molar-refractivity contribution in [2.24, 2.45) is 0 Å². The van der Waals surface area contributed by atoms with Gasteiger partial charge in [0.25, 0.3) is 5.91 Å². The first kappa shape index (κ1) is 18.9. The van der Waals surface area contributed by atoms with Gasteiger partial charge in [-0.1, -0.05) is 36.0 Å². The molecule has 0 bridgehead atoms. The average Bonchev–Trinajstić information content (AvgIpc) is 2.99. The van der Waals surface area contributed by atoms with Gasteiger partial charge in [0, 0.05) is 18.7 Å². The van der Waals surface area contributed by atoms with E-state index >= 15 is 0 Å². The van der Waals surface area contributed by atoms with Gasteiger partial charge in [0.2, 0.25) is 0 Å². The molecule has 6 nitrogen and oxygen atoms in total. The molecule has 7 heteroatoms. The van der Waals surface area contributed by atoms with Crippen molar-refractivity contribution in [3.05, 3.63) is 40.9 Å². The van der Waals surface area contributed by atoms with E-state index in [0.29, 0.717) is 17.0 Å². The minimum absolute atomic E-state index is 0.146. The minimum atomic E-state index is -0.169. The van der Waals surface area contributed by atoms with Crippen LogP contribution >= 0.6 is 11.3 Å². The zero-order chi connectivity index (χ0) is 18.1. The maximum Gasteiger partial charge on any atom is 0.305 e. The van der Waals surface area contributed by atoms with Gasteiger partial charge < -0.3 is 15.4 Å². The van der Waals surface area contributed by atoms with Crippen LogP contribution in [0.2, 0.25) is 0 Å². The first-order valence-corrected chi connectivity index (χ1v) is 9.06. The molecule has 1 aromatic carbocycles. The summed E-state index contributed by atoms with van der Waals surface area (Å²) >= 11 is 1.35. The molecule has 2 aromatic rings. The number of para-hydroxylation sites is 1. The standard InChI is InChI=1S/C18H23N3O3S/c1-13-16(17(23)21-14-9-5-3-6-10-14)25-18(20-13)19-12-8-4-7-11-15(22)24-2/h3,5-6,9-10H,4,7-8,11-12H2,1-2H3,(H,19,20)(H,21,23). The Bertz CT molecular complexity index is 701. The van der Waals surface area contributed by atoms with E-state index in [4.69, 9.17) is 0 Å². The number of unbranched alkanes of at least 4 members (excludes halogenated alkanes) is 2. The Morgan fingerprint density at radius 3 is 2.64 bits per heavy atom. The number of benzene rings is 1. The number of carbonyl (C=O) groups is 2. The number of aromatic nitrogens is 1. The molecular weight excluding hydrogens is 338 g/mol. The molecule has 134 valence electrons. The van der Waals surface area contributed by atoms with E-state index in [2.05, 4.69) is 20.4 Å². The average molecular weight is 361 g/mol. The number of nitrogens with zero attached hydrogens (tertiary/aromatic N) is 1. The highest BCUT2D eigenvalue weighted by Crippen LogP contribution is 2.23. The lowest BCUT2D eigenvalue weighted by Gasteiger charge is -2.03. The van der Waals surface area contributed by atoms with E-state index in [0.717, 1.165) is 36.6 Å². The van der Waals surface area contributed by atoms with Crippen LogP contribution in [0.25, 0.3) is 0 Å². The number of ether oxygens (including phenoxy) is 1. The van der Waals surface area contributed by atoms with Crippen molar-refractivity contribution in [1.82, 2.24) is 4.98 Å². The highest BCUT2D eigenvalue weighted by molar-refractivity contribution is 7.17. The van der Waals surface area contributed by atoms with Gasteiger partial charge in [-0.3, -0.25) is 9.59 Å². The maximum atomic E-state index is 12.3. The third kappa shape index (κ3) is 6.19. The Morgan fingerprint density at radius 1 is 1.16 bits per heavy atom. The number of methoxy groups -OCH3 is 1. The molecule has 0 saturated heterocycles. The Kier molecular flexibility index (Phi) is 7.40. The van der Waals surface area contributed by atoms with E-state index in [1.807, 2.05) is 37.3 Å². The van der Waals surface area contributed by atoms with Crippen LogP contribution in [-0.2, 0) is 9.53 Å². The van der Waals surface area contributed by atoms with Crippen molar-refractivity contribution in [2.75, 3.05) is 24.3 Å². The Labute approximate surface area is 151 Å². The van der Waals surface area contributed by atoms with Gasteiger partial charge in [-0.2, -0.15) is 0 Å². The predicted octanol–water partition coefficient (Wildman–Crippen LogP) is 3.85. The molecule has 25 heavy (non-hydrogen) atoms. The summed E-state index contributed by atoms with van der Waals surface area (Å²) in [7, 11) is 1.40. The first-order valence-electron chi connectivity index (χ1n) is 8.24. The van der Waals surface area contributed by atoms with Crippen LogP contribution in [0, 0.1) is 6.92 Å². The van der Waals surface area contributed by atoms with Crippen molar-refractivity contribution in [1.29, 1.82) is 0 Å². The number of nitrogens with one attached hydrogen (secondary N) is 2. The highest BCUT2D eigenvalue weighted by atomic mass is 32.1. The summed E-state index contributed by atoms with van der Waals surface area (Å²) in [4.78, 5) is 28.4. The van der Waals surface area contributed by atoms with E-state index in [9.17, 15) is 9.59 Å². The number of carbonyl (C=O) groups excluding carboxylic acids is 2. The van der Waals surface area contributed by atoms with E-state index < -0.39 is 0 Å². The molecule has 0 saturated carbocycles. The molecule has 0 unspecified atom stereocenters. The van der Waals surface area contributed by atoms with E-state index in [1.165, 1.54) is 18.4 Å². The number of thiazole rings is 1. The number of amides is 1. The normalized spacial score (nSPS) is 10.3. The fraction of sp³-hybridized carbons (Fsp3) is 0.389. The molecule has 1 amide bonds. The summed E-state index contributed by atoms with van der Waals surface area (Å²) in [5, 5.41) is 6.85. The molecular formula is C18H23N3O3S. The van der Waals surface area contributed by atoms with Crippen molar-refractivity contribution < 1.29 is 14.3 Å². The Hall–Kier alpha value is -2.41. The predicted molar refractivity (Wildman–Crippen MR) is 100 cm³/mol. The fourth-order valence-electron chi connectivity index (χ4n) is 2.26. The summed E-state index contributed by atoms with van der Waals surface area (Å²) in [5.41, 5.74) is 1.48. The highest BCUT2D eigenvalue weighted by Gasteiger charge is 2.15. The second-order valence-corrected chi connectivity index (χ2v) is 6.57. The lowest BCUT2D eigenvalue weighted by Crippen LogP contribution is -2.11. The van der Waals surface area contributed by atoms with E-state index in [-0.39, 0.29) is 11.9 Å². The van der Waals surface area contributed by atoms with Crippen LogP contribution in [0.3, 0.4) is 0 Å². The summed E-state index contributed by atoms with van der Waals surface area (Å²) in [6, 6.07) is 9.36. The fourth-order valence-corrected chi connectivity index (χ4v) is 3.15. The Balaban J connectivity index is 1.77. The van der Waals surface area contributed by atoms with Gasteiger partial charge in [0.15, 0.2) is 5.13 Å². The summed E-state index contributed by atoms with van der Waals surface area (Å²) in [6.07, 6.45) is 3.14. The molecule has 0 atom stereocenters. The SMILES string of the molecule is COC(=O)CCCCCNc1nc(C)c(C(=O)Nc2ccccc2)s1. The molecule has 0 fully saturated rings. The lowest BCUT2D eigenvalue weighted by molar-refractivity contribution is -0.140. The summed E-state index contributed by atoms with van der Waals surface area (Å²) < 4.78 is 4.61. The van der Waals surface area contributed by atoms with Crippen LogP contribution in [-0.4, -0.2) is 30.5 Å². The molecule has 0 aliphatic rings. The number of esters is 1. The van der Waals surface area contributed by atoms with Crippen LogP contribution in [0.4, 0.5) is 10.8 Å². The third-order valence-corrected chi connectivity index (χ3v) is 4.71. The van der Waals surface area contributed by atoms with Gasteiger partial charge in [0.1, 0.15) is 4.88 Å². The molecule has 2 N–H and O–H groups in total. The van der Waals surface area contributed by atoms with Crippen LogP contribution in [0.1, 0.15) is 41.0 Å². The quantitative estimate of drug-likeness (QED) is 0.524. The second kappa shape index (κ2) is 9.78. The van der Waals surface area contributed by atoms with Crippen LogP contribution < -0.4 is 10.6 Å². The molecule has 0 aliphatic heterocycles. The van der Waals surface area contributed by atoms with Gasteiger partial charge in [0.05, 0.1) is 12.8 Å². The number of anilines is 2. The largest absolute Gasteiger partial charge is 0.469 e. The summed E-state index contributed by atoms with van der Waals surface area (Å²) in [6.45, 7) is 2.59. The van der Waals surface area contributed by atoms with Crippen molar-refractivity contribution in [2.45, 2.75) is 32.6 Å². The van der Waals surface area contributed by atoms with Crippen LogP contribution in [0.5, 0.6) is 0 Å². The van der Waals surface area contributed by atoms with Gasteiger partial charge in [-0.05, 0) is 31.9 Å². The van der Waals surface area contributed by atoms with Crippen LogP contribution in [0.15, 0.2) is 30.3 Å². The second-order valence-electron chi connectivity index (χ2n) is 5.57. The monoisotopic (exact) mass is 361 g/mol. The zero-order valence-electron chi connectivity index (χ0n) is 14.5. The number of hydrogen-bond donors (Lipinski definition) is 2. The molecule has 0 aliphatic carbocycles. The van der Waals surface area contributed by atoms with E-state index in [1.54, 1.807) is 0 Å². The molecule has 0 radical (unpaired) electrons. The van der Waals surface area contributed by atoms with Crippen molar-refractivity contribution in [3.63, 3.8) is 0 Å². The molecule has 2 rings (SSSR count). The zero-order valence-corrected chi connectivity index (χ0v) is 15.3. The van der Waals surface area contributed by atoms with Gasteiger partial charge in [-0.15, -0.1) is 0 Å². The third-order valence-electron chi connectivity index (χ3n) is 3.60. The van der Waals surface area contributed by atoms with Crippen molar-refractivity contribution >= 4 is 34.0 Å². The first-order chi connectivity index (χ1) is 12.1. The smallest absolute Gasteiger partial charge is 0.305 e. The van der Waals surface area contributed by atoms with Gasteiger partial charge >= 0.3 is 5.97 Å². The molecule has 1 aromatic heterocycles. The number of hydrogen-bond acceptors (Lipinski definition) is 6. The minimum Gasteiger partial charge on any atom is -0.469 e. The van der Waals surface area contributed by atoms with Gasteiger partial charge in [-0.25, -0.2) is 4.98 Å². The lowest BCUT2D eigenvalue weighted by atomic mass is 10.2. The van der Waals surface area contributed by atoms with Crippen molar-refractivity contribution in [3.8, 4) is 0 Å². The molecule has 1 heterocycles. The molecule has 0 spiro atoms. The summed E-state index contributed by atoms with van der Waals surface area (Å²) in [5.74, 6) is -0.315. The maximum absolute atomic E-state index is 12.3. The number of aryl methyl sites for hydroxylation is 1.